The molecule has 1 amide bonds. The quantitative estimate of drug-likeness (QED) is 0.867. The Morgan fingerprint density at radius 3 is 2.85 bits per heavy atom. The summed E-state index contributed by atoms with van der Waals surface area (Å²) in [6.45, 7) is 2.24. The highest BCUT2D eigenvalue weighted by Gasteiger charge is 2.31. The van der Waals surface area contributed by atoms with Crippen molar-refractivity contribution in [2.75, 3.05) is 5.32 Å². The lowest BCUT2D eigenvalue weighted by molar-refractivity contribution is -0.116. The molecule has 1 aliphatic carbocycles. The fraction of sp³-hybridized carbons (Fsp3) is 0.588. The number of hydrogen-bond donors (Lipinski definition) is 2. The molecule has 20 heavy (non-hydrogen) atoms. The topological polar surface area (TPSA) is 49.3 Å². The van der Waals surface area contributed by atoms with E-state index in [2.05, 4.69) is 18.3 Å². The van der Waals surface area contributed by atoms with Gasteiger partial charge in [-0.3, -0.25) is 4.79 Å². The predicted molar refractivity (Wildman–Crippen MR) is 79.5 cm³/mol. The number of hydrogen-bond acceptors (Lipinski definition) is 2. The molecule has 0 radical (unpaired) electrons. The molecule has 1 aromatic carbocycles. The molecular weight excluding hydrogens is 250 g/mol. The maximum absolute atomic E-state index is 11.6. The Hall–Kier alpha value is -1.35. The Morgan fingerprint density at radius 2 is 2.10 bits per heavy atom. The number of aliphatic hydroxyl groups excluding tert-OH is 1. The lowest BCUT2D eigenvalue weighted by Crippen LogP contribution is -2.15. The van der Waals surface area contributed by atoms with E-state index in [1.807, 2.05) is 12.1 Å². The summed E-state index contributed by atoms with van der Waals surface area (Å²) >= 11 is 0. The lowest BCUT2D eigenvalue weighted by atomic mass is 9.87. The Balaban J connectivity index is 1.84. The molecule has 0 spiro atoms. The van der Waals surface area contributed by atoms with Gasteiger partial charge in [0.1, 0.15) is 0 Å². The Kier molecular flexibility index (Phi) is 3.79. The molecule has 108 valence electrons. The predicted octanol–water partition coefficient (Wildman–Crippen LogP) is 3.43. The molecule has 0 bridgehead atoms. The lowest BCUT2D eigenvalue weighted by Gasteiger charge is -2.23. The number of anilines is 1. The minimum atomic E-state index is -0.364. The average molecular weight is 273 g/mol. The number of aliphatic hydroxyl groups is 1. The normalized spacial score (nSPS) is 27.6. The van der Waals surface area contributed by atoms with Crippen LogP contribution in [0.2, 0.25) is 0 Å². The second-order valence-electron chi connectivity index (χ2n) is 6.34. The van der Waals surface area contributed by atoms with Crippen LogP contribution in [0.15, 0.2) is 18.2 Å². The second kappa shape index (κ2) is 5.57. The third-order valence-corrected chi connectivity index (χ3v) is 4.93. The van der Waals surface area contributed by atoms with Crippen LogP contribution in [0.4, 0.5) is 5.69 Å². The zero-order chi connectivity index (χ0) is 14.1. The number of amides is 1. The first-order valence-electron chi connectivity index (χ1n) is 7.76. The smallest absolute Gasteiger partial charge is 0.224 e. The molecule has 1 heterocycles. The van der Waals surface area contributed by atoms with Gasteiger partial charge in [-0.05, 0) is 48.3 Å². The first-order valence-corrected chi connectivity index (χ1v) is 7.76. The van der Waals surface area contributed by atoms with Gasteiger partial charge in [0.15, 0.2) is 0 Å². The standard InChI is InChI=1S/C17H23NO2/c1-11-4-2-6-14(11)17(20)13-8-9-15-12(10-13)5-3-7-16(19)18-15/h8-11,14,17,20H,2-7H2,1H3,(H,18,19). The van der Waals surface area contributed by atoms with E-state index in [-0.39, 0.29) is 12.0 Å². The first kappa shape index (κ1) is 13.6. The van der Waals surface area contributed by atoms with Gasteiger partial charge in [0.2, 0.25) is 5.91 Å². The monoisotopic (exact) mass is 273 g/mol. The van der Waals surface area contributed by atoms with Gasteiger partial charge in [-0.25, -0.2) is 0 Å². The summed E-state index contributed by atoms with van der Waals surface area (Å²) < 4.78 is 0. The summed E-state index contributed by atoms with van der Waals surface area (Å²) in [5.41, 5.74) is 3.10. The van der Waals surface area contributed by atoms with Crippen molar-refractivity contribution < 1.29 is 9.90 Å². The molecule has 3 unspecified atom stereocenters. The van der Waals surface area contributed by atoms with Crippen molar-refractivity contribution in [2.45, 2.75) is 51.6 Å². The van der Waals surface area contributed by atoms with Crippen LogP contribution in [0.1, 0.15) is 56.3 Å². The molecule has 1 saturated carbocycles. The summed E-state index contributed by atoms with van der Waals surface area (Å²) in [5, 5.41) is 13.6. The van der Waals surface area contributed by atoms with Gasteiger partial charge in [0.25, 0.3) is 0 Å². The number of carbonyl (C=O) groups is 1. The molecule has 3 rings (SSSR count). The molecule has 3 nitrogen and oxygen atoms in total. The van der Waals surface area contributed by atoms with E-state index >= 15 is 0 Å². The molecule has 1 aliphatic heterocycles. The van der Waals surface area contributed by atoms with E-state index < -0.39 is 0 Å². The fourth-order valence-corrected chi connectivity index (χ4v) is 3.67. The van der Waals surface area contributed by atoms with Crippen molar-refractivity contribution in [2.24, 2.45) is 11.8 Å². The van der Waals surface area contributed by atoms with Crippen molar-refractivity contribution in [1.29, 1.82) is 0 Å². The van der Waals surface area contributed by atoms with Crippen LogP contribution in [0.25, 0.3) is 0 Å². The van der Waals surface area contributed by atoms with Crippen molar-refractivity contribution in [1.82, 2.24) is 0 Å². The zero-order valence-corrected chi connectivity index (χ0v) is 12.1. The van der Waals surface area contributed by atoms with Gasteiger partial charge in [-0.1, -0.05) is 31.9 Å². The largest absolute Gasteiger partial charge is 0.388 e. The number of benzene rings is 1. The van der Waals surface area contributed by atoms with Gasteiger partial charge in [-0.2, -0.15) is 0 Å². The number of fused-ring (bicyclic) bond motifs is 1. The first-order chi connectivity index (χ1) is 9.65. The van der Waals surface area contributed by atoms with Crippen molar-refractivity contribution in [3.05, 3.63) is 29.3 Å². The third kappa shape index (κ3) is 2.59. The average Bonchev–Trinajstić information content (AvgIpc) is 2.76. The zero-order valence-electron chi connectivity index (χ0n) is 12.1. The number of rotatable bonds is 2. The van der Waals surface area contributed by atoms with Crippen LogP contribution >= 0.6 is 0 Å². The maximum Gasteiger partial charge on any atom is 0.224 e. The second-order valence-corrected chi connectivity index (χ2v) is 6.34. The van der Waals surface area contributed by atoms with E-state index in [9.17, 15) is 9.90 Å². The van der Waals surface area contributed by atoms with Gasteiger partial charge < -0.3 is 10.4 Å². The Labute approximate surface area is 120 Å². The van der Waals surface area contributed by atoms with Crippen molar-refractivity contribution >= 4 is 11.6 Å². The van der Waals surface area contributed by atoms with Crippen LogP contribution in [0, 0.1) is 11.8 Å². The molecule has 2 aliphatic rings. The van der Waals surface area contributed by atoms with Crippen LogP contribution in [0.5, 0.6) is 0 Å². The highest BCUT2D eigenvalue weighted by Crippen LogP contribution is 2.40. The molecule has 1 aromatic rings. The van der Waals surface area contributed by atoms with Crippen molar-refractivity contribution in [3.63, 3.8) is 0 Å². The van der Waals surface area contributed by atoms with Crippen LogP contribution in [0.3, 0.4) is 0 Å². The summed E-state index contributed by atoms with van der Waals surface area (Å²) in [5.74, 6) is 1.08. The van der Waals surface area contributed by atoms with Crippen LogP contribution in [-0.4, -0.2) is 11.0 Å². The van der Waals surface area contributed by atoms with Crippen molar-refractivity contribution in [3.8, 4) is 0 Å². The number of aryl methyl sites for hydroxylation is 1. The molecular formula is C17H23NO2. The van der Waals surface area contributed by atoms with E-state index in [1.54, 1.807) is 0 Å². The summed E-state index contributed by atoms with van der Waals surface area (Å²) in [6, 6.07) is 6.02. The maximum atomic E-state index is 11.6. The molecule has 0 saturated heterocycles. The molecule has 3 heteroatoms. The molecule has 1 fully saturated rings. The minimum Gasteiger partial charge on any atom is -0.388 e. The van der Waals surface area contributed by atoms with Gasteiger partial charge >= 0.3 is 0 Å². The van der Waals surface area contributed by atoms with Crippen LogP contribution in [-0.2, 0) is 11.2 Å². The Bertz CT molecular complexity index is 512. The van der Waals surface area contributed by atoms with Gasteiger partial charge in [0, 0.05) is 12.1 Å². The molecule has 2 N–H and O–H groups in total. The van der Waals surface area contributed by atoms with Gasteiger partial charge in [0.05, 0.1) is 6.10 Å². The Morgan fingerprint density at radius 1 is 1.25 bits per heavy atom. The van der Waals surface area contributed by atoms with Crippen LogP contribution < -0.4 is 5.32 Å². The summed E-state index contributed by atoms with van der Waals surface area (Å²) in [4.78, 5) is 11.6. The summed E-state index contributed by atoms with van der Waals surface area (Å²) in [7, 11) is 0. The van der Waals surface area contributed by atoms with E-state index in [0.717, 1.165) is 36.1 Å². The fourth-order valence-electron chi connectivity index (χ4n) is 3.67. The van der Waals surface area contributed by atoms with E-state index in [4.69, 9.17) is 0 Å². The molecule has 0 aromatic heterocycles. The SMILES string of the molecule is CC1CCCC1C(O)c1ccc2c(c1)CCCC(=O)N2. The van der Waals surface area contributed by atoms with Gasteiger partial charge in [-0.15, -0.1) is 0 Å². The third-order valence-electron chi connectivity index (χ3n) is 4.93. The highest BCUT2D eigenvalue weighted by atomic mass is 16.3. The summed E-state index contributed by atoms with van der Waals surface area (Å²) in [6.07, 6.45) is 5.60. The highest BCUT2D eigenvalue weighted by molar-refractivity contribution is 5.92. The number of carbonyl (C=O) groups excluding carboxylic acids is 1. The minimum absolute atomic E-state index is 0.0986. The molecule has 3 atom stereocenters. The van der Waals surface area contributed by atoms with E-state index in [1.165, 1.54) is 12.8 Å². The number of nitrogens with one attached hydrogen (secondary N) is 1. The van der Waals surface area contributed by atoms with E-state index in [0.29, 0.717) is 18.3 Å².